The number of benzene rings is 3. The fraction of sp³-hybridized carbons (Fsp3) is 0.258. The molecule has 0 spiro atoms. The minimum Gasteiger partial charge on any atom is -0.507 e. The molecular weight excluding hydrogens is 512 g/mol. The van der Waals surface area contributed by atoms with E-state index in [1.165, 1.54) is 16.2 Å². The summed E-state index contributed by atoms with van der Waals surface area (Å²) < 4.78 is 12.3. The number of ether oxygens (including phenoxy) is 2. The quantitative estimate of drug-likeness (QED) is 0.178. The van der Waals surface area contributed by atoms with E-state index in [-0.39, 0.29) is 17.4 Å². The zero-order valence-corrected chi connectivity index (χ0v) is 22.7. The van der Waals surface area contributed by atoms with Crippen molar-refractivity contribution < 1.29 is 24.2 Å². The highest BCUT2D eigenvalue weighted by atomic mass is 32.1. The van der Waals surface area contributed by atoms with Crippen LogP contribution in [0, 0.1) is 0 Å². The zero-order valence-electron chi connectivity index (χ0n) is 21.9. The van der Waals surface area contributed by atoms with Gasteiger partial charge < -0.3 is 14.6 Å². The molecule has 7 nitrogen and oxygen atoms in total. The predicted octanol–water partition coefficient (Wildman–Crippen LogP) is 6.21. The summed E-state index contributed by atoms with van der Waals surface area (Å²) in [6, 6.07) is 17.9. The Hall–Kier alpha value is -4.17. The summed E-state index contributed by atoms with van der Waals surface area (Å²) in [4.78, 5) is 33.3. The van der Waals surface area contributed by atoms with Crippen LogP contribution in [0.5, 0.6) is 11.5 Å². The molecule has 1 amide bonds. The van der Waals surface area contributed by atoms with Gasteiger partial charge in [-0.05, 0) is 73.4 Å². The molecule has 1 saturated heterocycles. The summed E-state index contributed by atoms with van der Waals surface area (Å²) in [5.74, 6) is -0.182. The number of aromatic nitrogens is 1. The molecule has 0 radical (unpaired) electrons. The van der Waals surface area contributed by atoms with Gasteiger partial charge in [-0.25, -0.2) is 4.98 Å². The zero-order chi connectivity index (χ0) is 27.3. The number of Topliss-reactive ketones (excluding diaryl/α,β-unsaturated/α-hetero) is 1. The predicted molar refractivity (Wildman–Crippen MR) is 152 cm³/mol. The normalized spacial score (nSPS) is 19.9. The van der Waals surface area contributed by atoms with Crippen molar-refractivity contribution in [3.63, 3.8) is 0 Å². The monoisotopic (exact) mass is 540 g/mol. The molecule has 2 atom stereocenters. The molecule has 2 aliphatic rings. The number of rotatable bonds is 6. The van der Waals surface area contributed by atoms with E-state index in [1.54, 1.807) is 12.1 Å². The summed E-state index contributed by atoms with van der Waals surface area (Å²) in [6.07, 6.45) is 1.61. The largest absolute Gasteiger partial charge is 0.507 e. The maximum atomic E-state index is 13.6. The third kappa shape index (κ3) is 4.34. The minimum atomic E-state index is -0.828. The lowest BCUT2D eigenvalue weighted by molar-refractivity contribution is -0.132. The molecule has 39 heavy (non-hydrogen) atoms. The van der Waals surface area contributed by atoms with Crippen LogP contribution in [0.2, 0.25) is 0 Å². The highest BCUT2D eigenvalue weighted by Gasteiger charge is 2.48. The Morgan fingerprint density at radius 1 is 1.10 bits per heavy atom. The molecule has 6 rings (SSSR count). The van der Waals surface area contributed by atoms with Gasteiger partial charge >= 0.3 is 5.91 Å². The van der Waals surface area contributed by atoms with Crippen molar-refractivity contribution in [3.05, 3.63) is 88.5 Å². The van der Waals surface area contributed by atoms with Crippen LogP contribution in [0.3, 0.4) is 0 Å². The first-order valence-corrected chi connectivity index (χ1v) is 13.9. The second kappa shape index (κ2) is 9.85. The number of aliphatic hydroxyl groups is 1. The van der Waals surface area contributed by atoms with Crippen molar-refractivity contribution in [2.45, 2.75) is 45.8 Å². The van der Waals surface area contributed by atoms with Gasteiger partial charge in [-0.2, -0.15) is 0 Å². The number of amides is 1. The van der Waals surface area contributed by atoms with E-state index in [4.69, 9.17) is 14.5 Å². The average molecular weight is 541 g/mol. The van der Waals surface area contributed by atoms with Crippen molar-refractivity contribution in [1.29, 1.82) is 0 Å². The number of ketones is 1. The van der Waals surface area contributed by atoms with Crippen LogP contribution >= 0.6 is 11.3 Å². The van der Waals surface area contributed by atoms with Crippen LogP contribution in [-0.2, 0) is 22.4 Å². The van der Waals surface area contributed by atoms with Gasteiger partial charge in [0.2, 0.25) is 0 Å². The summed E-state index contributed by atoms with van der Waals surface area (Å²) in [6.45, 7) is 6.50. The van der Waals surface area contributed by atoms with Crippen LogP contribution in [0.4, 0.5) is 5.13 Å². The van der Waals surface area contributed by atoms with E-state index in [9.17, 15) is 14.7 Å². The number of nitrogens with zero attached hydrogens (tertiary/aromatic N) is 2. The molecule has 0 aliphatic carbocycles. The van der Waals surface area contributed by atoms with Crippen LogP contribution in [0.25, 0.3) is 16.0 Å². The fourth-order valence-electron chi connectivity index (χ4n) is 5.26. The van der Waals surface area contributed by atoms with Gasteiger partial charge in [-0.3, -0.25) is 14.5 Å². The van der Waals surface area contributed by atoms with Gasteiger partial charge in [0.25, 0.3) is 5.78 Å². The summed E-state index contributed by atoms with van der Waals surface area (Å²) in [5, 5.41) is 11.9. The Kier molecular flexibility index (Phi) is 6.35. The fourth-order valence-corrected chi connectivity index (χ4v) is 6.28. The van der Waals surface area contributed by atoms with Crippen molar-refractivity contribution in [1.82, 2.24) is 4.98 Å². The number of aryl methyl sites for hydroxylation is 1. The second-order valence-electron chi connectivity index (χ2n) is 9.78. The molecule has 1 fully saturated rings. The van der Waals surface area contributed by atoms with Crippen LogP contribution < -0.4 is 14.4 Å². The van der Waals surface area contributed by atoms with Crippen LogP contribution in [0.15, 0.2) is 66.2 Å². The van der Waals surface area contributed by atoms with E-state index >= 15 is 0 Å². The lowest BCUT2D eigenvalue weighted by Gasteiger charge is -2.23. The molecule has 8 heteroatoms. The highest BCUT2D eigenvalue weighted by Crippen LogP contribution is 2.45. The third-order valence-corrected chi connectivity index (χ3v) is 8.20. The standard InChI is InChI=1S/C31H28N2O5S/c1-4-18-6-8-19(9-7-18)27-26(28(34)20-10-13-24-21(15-20)14-17(3)38-24)29(35)30(36)33(27)31-32-23-12-11-22(37-5-2)16-25(23)39-31/h6-13,15-17,27,34H,4-5,14H2,1-3H3/b28-26+/t17-,27+/m1/s1. The van der Waals surface area contributed by atoms with Crippen molar-refractivity contribution in [2.24, 2.45) is 0 Å². The summed E-state index contributed by atoms with van der Waals surface area (Å²) in [7, 11) is 0. The molecule has 0 bridgehead atoms. The van der Waals surface area contributed by atoms with Crippen LogP contribution in [0.1, 0.15) is 49.1 Å². The maximum absolute atomic E-state index is 13.6. The lowest BCUT2D eigenvalue weighted by Crippen LogP contribution is -2.29. The number of thiazole rings is 1. The first kappa shape index (κ1) is 25.1. The van der Waals surface area contributed by atoms with Gasteiger partial charge in [0, 0.05) is 12.0 Å². The molecule has 4 aromatic rings. The number of hydrogen-bond donors (Lipinski definition) is 1. The molecule has 0 saturated carbocycles. The Morgan fingerprint density at radius 3 is 2.64 bits per heavy atom. The van der Waals surface area contributed by atoms with Gasteiger partial charge in [0.1, 0.15) is 23.4 Å². The average Bonchev–Trinajstić information content (AvgIpc) is 3.60. The van der Waals surface area contributed by atoms with Gasteiger partial charge in [-0.15, -0.1) is 0 Å². The molecular formula is C31H28N2O5S. The first-order valence-electron chi connectivity index (χ1n) is 13.1. The molecule has 3 heterocycles. The van der Waals surface area contributed by atoms with E-state index in [1.807, 2.05) is 62.4 Å². The summed E-state index contributed by atoms with van der Waals surface area (Å²) in [5.41, 5.74) is 4.04. The third-order valence-electron chi connectivity index (χ3n) is 7.18. The second-order valence-corrected chi connectivity index (χ2v) is 10.8. The van der Waals surface area contributed by atoms with Crippen molar-refractivity contribution >= 4 is 44.1 Å². The van der Waals surface area contributed by atoms with Crippen molar-refractivity contribution in [3.8, 4) is 11.5 Å². The topological polar surface area (TPSA) is 89.0 Å². The molecule has 3 aromatic carbocycles. The number of anilines is 1. The van der Waals surface area contributed by atoms with Crippen LogP contribution in [-0.4, -0.2) is 34.5 Å². The van der Waals surface area contributed by atoms with Gasteiger partial charge in [0.05, 0.1) is 28.4 Å². The van der Waals surface area contributed by atoms with Gasteiger partial charge in [0.15, 0.2) is 5.13 Å². The molecule has 2 aliphatic heterocycles. The number of fused-ring (bicyclic) bond motifs is 2. The smallest absolute Gasteiger partial charge is 0.301 e. The Morgan fingerprint density at radius 2 is 1.90 bits per heavy atom. The van der Waals surface area contributed by atoms with E-state index in [2.05, 4.69) is 6.92 Å². The maximum Gasteiger partial charge on any atom is 0.301 e. The SMILES string of the molecule is CCOc1ccc2nc(N3C(=O)C(=O)/C(=C(/O)c4ccc5c(c4)C[C@@H](C)O5)[C@@H]3c3ccc(CC)cc3)sc2c1. The number of aliphatic hydroxyl groups excluding tert-OH is 1. The number of carbonyl (C=O) groups excluding carboxylic acids is 2. The van der Waals surface area contributed by atoms with E-state index in [0.29, 0.717) is 35.0 Å². The van der Waals surface area contributed by atoms with Gasteiger partial charge in [-0.1, -0.05) is 42.5 Å². The van der Waals surface area contributed by atoms with Crippen molar-refractivity contribution in [2.75, 3.05) is 11.5 Å². The van der Waals surface area contributed by atoms with E-state index < -0.39 is 17.7 Å². The number of carbonyl (C=O) groups is 2. The minimum absolute atomic E-state index is 0.0438. The molecule has 1 N–H and O–H groups in total. The molecule has 1 aromatic heterocycles. The lowest BCUT2D eigenvalue weighted by atomic mass is 9.94. The number of hydrogen-bond acceptors (Lipinski definition) is 7. The van der Waals surface area contributed by atoms with E-state index in [0.717, 1.165) is 33.6 Å². The summed E-state index contributed by atoms with van der Waals surface area (Å²) >= 11 is 1.31. The Balaban J connectivity index is 1.50. The molecule has 198 valence electrons. The first-order chi connectivity index (χ1) is 18.9. The highest BCUT2D eigenvalue weighted by molar-refractivity contribution is 7.22. The molecule has 0 unspecified atom stereocenters. The Bertz CT molecular complexity index is 1640. The Labute approximate surface area is 230 Å².